The smallest absolute Gasteiger partial charge is 0.171 e. The van der Waals surface area contributed by atoms with Crippen molar-refractivity contribution >= 4 is 40.8 Å². The van der Waals surface area contributed by atoms with E-state index < -0.39 is 14.3 Å². The minimum Gasteiger partial charge on any atom is -0.309 e. The maximum atomic E-state index is 15.7. The van der Waals surface area contributed by atoms with E-state index in [1.165, 1.54) is 0 Å². The molecule has 0 amide bonds. The summed E-state index contributed by atoms with van der Waals surface area (Å²) >= 11 is 0. The Morgan fingerprint density at radius 1 is 0.477 bits per heavy atom. The van der Waals surface area contributed by atoms with Gasteiger partial charge in [-0.3, -0.25) is 0 Å². The summed E-state index contributed by atoms with van der Waals surface area (Å²) in [6, 6.07) is 49.2. The second-order valence-corrected chi connectivity index (χ2v) is 16.5. The van der Waals surface area contributed by atoms with Crippen LogP contribution < -0.4 is 21.2 Å². The Morgan fingerprint density at radius 2 is 0.864 bits per heavy atom. The van der Waals surface area contributed by atoms with Gasteiger partial charge in [0.05, 0.1) is 0 Å². The standard InChI is InChI=1S/C40H40O2P2/c1-2-3-4-12-31-39(43(41,35-23-13-6-14-24-35)36-25-15-7-16-26-36)32-33-40(34-21-10-5-11-22-34)44(42,37-27-17-8-18-28-37)38-29-19-9-20-30-38/h5-11,13-30,32-33H,2-4,12,31H2,1H3/b39-32-,40-33-. The van der Waals surface area contributed by atoms with Crippen molar-refractivity contribution in [2.45, 2.75) is 39.0 Å². The first-order valence-electron chi connectivity index (χ1n) is 15.5. The first-order chi connectivity index (χ1) is 21.6. The fourth-order valence-corrected chi connectivity index (χ4v) is 11.4. The van der Waals surface area contributed by atoms with E-state index in [1.54, 1.807) is 0 Å². The minimum absolute atomic E-state index is 0.695. The van der Waals surface area contributed by atoms with Crippen molar-refractivity contribution in [2.75, 3.05) is 0 Å². The summed E-state index contributed by atoms with van der Waals surface area (Å²) in [6.45, 7) is 2.20. The third kappa shape index (κ3) is 6.89. The zero-order valence-corrected chi connectivity index (χ0v) is 27.1. The Hall–Kier alpha value is -3.96. The summed E-state index contributed by atoms with van der Waals surface area (Å²) in [4.78, 5) is 0. The Kier molecular flexibility index (Phi) is 10.8. The lowest BCUT2D eigenvalue weighted by Gasteiger charge is -2.25. The molecule has 2 nitrogen and oxygen atoms in total. The van der Waals surface area contributed by atoms with Crippen molar-refractivity contribution in [3.8, 4) is 0 Å². The van der Waals surface area contributed by atoms with Gasteiger partial charge in [0.2, 0.25) is 0 Å². The van der Waals surface area contributed by atoms with Crippen LogP contribution in [0.2, 0.25) is 0 Å². The third-order valence-electron chi connectivity index (χ3n) is 8.01. The molecule has 0 spiro atoms. The molecule has 0 bridgehead atoms. The summed E-state index contributed by atoms with van der Waals surface area (Å²) in [5.74, 6) is 0. The fourth-order valence-electron chi connectivity index (χ4n) is 5.71. The molecule has 5 rings (SSSR count). The van der Waals surface area contributed by atoms with Crippen LogP contribution >= 0.6 is 14.3 Å². The molecule has 0 saturated carbocycles. The topological polar surface area (TPSA) is 34.1 Å². The summed E-state index contributed by atoms with van der Waals surface area (Å²) < 4.78 is 31.2. The molecule has 0 radical (unpaired) electrons. The van der Waals surface area contributed by atoms with Gasteiger partial charge in [0.15, 0.2) is 14.3 Å². The van der Waals surface area contributed by atoms with Crippen LogP contribution in [-0.4, -0.2) is 0 Å². The molecule has 5 aromatic carbocycles. The third-order valence-corrected chi connectivity index (χ3v) is 14.4. The highest BCUT2D eigenvalue weighted by atomic mass is 31.2. The number of allylic oxidation sites excluding steroid dienone is 3. The van der Waals surface area contributed by atoms with E-state index in [-0.39, 0.29) is 0 Å². The number of unbranched alkanes of at least 4 members (excludes halogenated alkanes) is 3. The predicted molar refractivity (Wildman–Crippen MR) is 191 cm³/mol. The summed E-state index contributed by atoms with van der Waals surface area (Å²) in [5.41, 5.74) is 0.888. The highest BCUT2D eigenvalue weighted by Crippen LogP contribution is 2.58. The van der Waals surface area contributed by atoms with E-state index in [0.29, 0.717) is 6.42 Å². The van der Waals surface area contributed by atoms with Crippen molar-refractivity contribution in [1.29, 1.82) is 0 Å². The Labute approximate surface area is 263 Å². The summed E-state index contributed by atoms with van der Waals surface area (Å²) in [7, 11) is -6.52. The molecule has 0 N–H and O–H groups in total. The molecule has 0 fully saturated rings. The van der Waals surface area contributed by atoms with E-state index in [2.05, 4.69) is 6.92 Å². The van der Waals surface area contributed by atoms with Crippen LogP contribution in [0.3, 0.4) is 0 Å². The van der Waals surface area contributed by atoms with Crippen LogP contribution in [-0.2, 0) is 9.13 Å². The summed E-state index contributed by atoms with van der Waals surface area (Å²) in [5, 5.41) is 4.79. The zero-order valence-electron chi connectivity index (χ0n) is 25.3. The highest BCUT2D eigenvalue weighted by Gasteiger charge is 2.34. The van der Waals surface area contributed by atoms with Gasteiger partial charge in [-0.25, -0.2) is 0 Å². The highest BCUT2D eigenvalue weighted by molar-refractivity contribution is 7.87. The van der Waals surface area contributed by atoms with Crippen molar-refractivity contribution in [1.82, 2.24) is 0 Å². The summed E-state index contributed by atoms with van der Waals surface area (Å²) in [6.07, 6.45) is 9.00. The molecular formula is C40H40O2P2. The Bertz CT molecular complexity index is 1680. The Balaban J connectivity index is 1.79. The molecule has 5 aromatic rings. The first kappa shape index (κ1) is 31.5. The van der Waals surface area contributed by atoms with E-state index >= 15 is 9.13 Å². The normalized spacial score (nSPS) is 12.7. The van der Waals surface area contributed by atoms with Gasteiger partial charge in [-0.1, -0.05) is 184 Å². The first-order valence-corrected chi connectivity index (χ1v) is 18.9. The van der Waals surface area contributed by atoms with Crippen molar-refractivity contribution in [2.24, 2.45) is 0 Å². The molecule has 0 aromatic heterocycles. The second-order valence-electron chi connectivity index (χ2n) is 10.9. The van der Waals surface area contributed by atoms with E-state index in [1.807, 2.05) is 164 Å². The SMILES string of the molecule is CCCCCC/C(=C/C=C(/c1ccccc1)P(=O)(c1ccccc1)c1ccccc1)P(=O)(c1ccccc1)c1ccccc1. The molecule has 4 heteroatoms. The minimum atomic E-state index is -3.32. The number of hydrogen-bond donors (Lipinski definition) is 0. The molecule has 0 aliphatic carbocycles. The van der Waals surface area contributed by atoms with Gasteiger partial charge in [0.25, 0.3) is 0 Å². The van der Waals surface area contributed by atoms with Gasteiger partial charge < -0.3 is 9.13 Å². The maximum Gasteiger partial charge on any atom is 0.171 e. The molecule has 0 unspecified atom stereocenters. The molecule has 222 valence electrons. The van der Waals surface area contributed by atoms with Crippen LogP contribution in [0.5, 0.6) is 0 Å². The van der Waals surface area contributed by atoms with Crippen LogP contribution in [0.15, 0.2) is 169 Å². The lowest BCUT2D eigenvalue weighted by Crippen LogP contribution is -2.18. The average Bonchev–Trinajstić information content (AvgIpc) is 3.10. The lowest BCUT2D eigenvalue weighted by molar-refractivity contribution is 0.587. The van der Waals surface area contributed by atoms with Gasteiger partial charge in [0, 0.05) is 26.5 Å². The van der Waals surface area contributed by atoms with Gasteiger partial charge in [-0.2, -0.15) is 0 Å². The quantitative estimate of drug-likeness (QED) is 0.0752. The van der Waals surface area contributed by atoms with Gasteiger partial charge in [0.1, 0.15) is 0 Å². The van der Waals surface area contributed by atoms with E-state index in [4.69, 9.17) is 0 Å². The van der Waals surface area contributed by atoms with Crippen LogP contribution in [0.4, 0.5) is 0 Å². The van der Waals surface area contributed by atoms with Crippen LogP contribution in [0.1, 0.15) is 44.6 Å². The second kappa shape index (κ2) is 15.2. The fraction of sp³-hybridized carbons (Fsp3) is 0.150. The molecular weight excluding hydrogens is 574 g/mol. The molecule has 0 heterocycles. The average molecular weight is 615 g/mol. The van der Waals surface area contributed by atoms with Gasteiger partial charge >= 0.3 is 0 Å². The van der Waals surface area contributed by atoms with E-state index in [0.717, 1.165) is 63.1 Å². The number of benzene rings is 5. The van der Waals surface area contributed by atoms with Crippen molar-refractivity contribution in [3.05, 3.63) is 175 Å². The zero-order chi connectivity index (χ0) is 30.7. The molecule has 0 aliphatic heterocycles. The van der Waals surface area contributed by atoms with E-state index in [9.17, 15) is 0 Å². The van der Waals surface area contributed by atoms with Gasteiger partial charge in [-0.05, 0) is 29.8 Å². The molecule has 0 saturated heterocycles. The maximum absolute atomic E-state index is 15.7. The van der Waals surface area contributed by atoms with Crippen LogP contribution in [0, 0.1) is 0 Å². The van der Waals surface area contributed by atoms with Crippen molar-refractivity contribution < 1.29 is 9.13 Å². The van der Waals surface area contributed by atoms with Crippen molar-refractivity contribution in [3.63, 3.8) is 0 Å². The molecule has 44 heavy (non-hydrogen) atoms. The largest absolute Gasteiger partial charge is 0.309 e. The predicted octanol–water partition coefficient (Wildman–Crippen LogP) is 9.91. The Morgan fingerprint density at radius 3 is 1.27 bits per heavy atom. The number of hydrogen-bond acceptors (Lipinski definition) is 2. The monoisotopic (exact) mass is 614 g/mol. The van der Waals surface area contributed by atoms with Crippen LogP contribution in [0.25, 0.3) is 5.31 Å². The molecule has 0 atom stereocenters. The lowest BCUT2D eigenvalue weighted by atomic mass is 10.1. The number of rotatable bonds is 13. The molecule has 0 aliphatic rings. The van der Waals surface area contributed by atoms with Gasteiger partial charge in [-0.15, -0.1) is 0 Å².